The third-order valence-electron chi connectivity index (χ3n) is 3.56. The van der Waals surface area contributed by atoms with Crippen LogP contribution < -0.4 is 10.2 Å². The van der Waals surface area contributed by atoms with Crippen LogP contribution in [0.25, 0.3) is 0 Å². The molecule has 0 saturated carbocycles. The van der Waals surface area contributed by atoms with Gasteiger partial charge < -0.3 is 10.2 Å². The molecule has 1 saturated heterocycles. The monoisotopic (exact) mass is 248 g/mol. The Morgan fingerprint density at radius 3 is 3.00 bits per heavy atom. The molecule has 18 heavy (non-hydrogen) atoms. The first kappa shape index (κ1) is 13.1. The van der Waals surface area contributed by atoms with Gasteiger partial charge >= 0.3 is 0 Å². The Hall–Kier alpha value is -1.32. The molecule has 0 spiro atoms. The molecule has 0 aliphatic carbocycles. The van der Waals surface area contributed by atoms with Crippen LogP contribution in [0.3, 0.4) is 0 Å². The van der Waals surface area contributed by atoms with Crippen LogP contribution in [0.2, 0.25) is 0 Å². The van der Waals surface area contributed by atoms with Crippen LogP contribution in [-0.2, 0) is 0 Å². The van der Waals surface area contributed by atoms with Crippen molar-refractivity contribution in [3.05, 3.63) is 12.3 Å². The van der Waals surface area contributed by atoms with Gasteiger partial charge in [-0.1, -0.05) is 27.2 Å². The van der Waals surface area contributed by atoms with E-state index >= 15 is 0 Å². The van der Waals surface area contributed by atoms with E-state index in [-0.39, 0.29) is 0 Å². The fourth-order valence-electron chi connectivity index (χ4n) is 2.32. The van der Waals surface area contributed by atoms with Gasteiger partial charge in [0.25, 0.3) is 0 Å². The van der Waals surface area contributed by atoms with E-state index in [2.05, 4.69) is 47.3 Å². The molecular weight excluding hydrogens is 224 g/mol. The fraction of sp³-hybridized carbons (Fsp3) is 0.714. The SMILES string of the molecule is CC[C@@H]1CCN(c2cnnc(NCC(C)C)c2)C1. The highest BCUT2D eigenvalue weighted by atomic mass is 15.2. The van der Waals surface area contributed by atoms with Gasteiger partial charge in [0.1, 0.15) is 0 Å². The standard InChI is InChI=1S/C14H24N4/c1-4-12-5-6-18(10-12)13-7-14(17-16-9-13)15-8-11(2)3/h7,9,11-12H,4-6,8,10H2,1-3H3,(H,15,17)/t12-/m1/s1. The summed E-state index contributed by atoms with van der Waals surface area (Å²) < 4.78 is 0. The van der Waals surface area contributed by atoms with Crippen LogP contribution in [-0.4, -0.2) is 29.8 Å². The molecule has 0 radical (unpaired) electrons. The van der Waals surface area contributed by atoms with Gasteiger partial charge in [-0.2, -0.15) is 5.10 Å². The Balaban J connectivity index is 1.99. The van der Waals surface area contributed by atoms with Gasteiger partial charge in [-0.15, -0.1) is 5.10 Å². The summed E-state index contributed by atoms with van der Waals surface area (Å²) in [6, 6.07) is 2.12. The molecule has 1 atom stereocenters. The molecule has 1 N–H and O–H groups in total. The van der Waals surface area contributed by atoms with Gasteiger partial charge in [0.2, 0.25) is 0 Å². The lowest BCUT2D eigenvalue weighted by Crippen LogP contribution is -2.20. The summed E-state index contributed by atoms with van der Waals surface area (Å²) in [5.74, 6) is 2.35. The van der Waals surface area contributed by atoms with Crippen LogP contribution >= 0.6 is 0 Å². The summed E-state index contributed by atoms with van der Waals surface area (Å²) in [6.45, 7) is 9.90. The highest BCUT2D eigenvalue weighted by molar-refractivity contribution is 5.52. The van der Waals surface area contributed by atoms with Gasteiger partial charge in [-0.05, 0) is 18.3 Å². The van der Waals surface area contributed by atoms with Crippen molar-refractivity contribution in [3.63, 3.8) is 0 Å². The molecule has 0 bridgehead atoms. The van der Waals surface area contributed by atoms with Crippen molar-refractivity contribution in [2.45, 2.75) is 33.6 Å². The molecule has 1 aliphatic heterocycles. The third kappa shape index (κ3) is 3.34. The smallest absolute Gasteiger partial charge is 0.150 e. The summed E-state index contributed by atoms with van der Waals surface area (Å²) in [7, 11) is 0. The largest absolute Gasteiger partial charge is 0.370 e. The Kier molecular flexibility index (Phi) is 4.39. The zero-order chi connectivity index (χ0) is 13.0. The number of rotatable bonds is 5. The van der Waals surface area contributed by atoms with Crippen molar-refractivity contribution in [3.8, 4) is 0 Å². The molecule has 1 fully saturated rings. The first-order valence-electron chi connectivity index (χ1n) is 7.00. The molecule has 1 aliphatic rings. The summed E-state index contributed by atoms with van der Waals surface area (Å²) in [6.07, 6.45) is 4.44. The average Bonchev–Trinajstić information content (AvgIpc) is 2.85. The van der Waals surface area contributed by atoms with E-state index in [9.17, 15) is 0 Å². The predicted octanol–water partition coefficient (Wildman–Crippen LogP) is 2.78. The minimum atomic E-state index is 0.617. The van der Waals surface area contributed by atoms with Crippen molar-refractivity contribution in [2.24, 2.45) is 11.8 Å². The quantitative estimate of drug-likeness (QED) is 0.870. The highest BCUT2D eigenvalue weighted by Crippen LogP contribution is 2.25. The maximum absolute atomic E-state index is 4.13. The van der Waals surface area contributed by atoms with Crippen molar-refractivity contribution < 1.29 is 0 Å². The van der Waals surface area contributed by atoms with Gasteiger partial charge in [-0.3, -0.25) is 0 Å². The fourth-order valence-corrected chi connectivity index (χ4v) is 2.32. The maximum atomic E-state index is 4.13. The van der Waals surface area contributed by atoms with Crippen LogP contribution in [0.15, 0.2) is 12.3 Å². The summed E-state index contributed by atoms with van der Waals surface area (Å²) >= 11 is 0. The van der Waals surface area contributed by atoms with Crippen LogP contribution in [0.1, 0.15) is 33.6 Å². The second-order valence-corrected chi connectivity index (χ2v) is 5.58. The second-order valence-electron chi connectivity index (χ2n) is 5.58. The van der Waals surface area contributed by atoms with Crippen LogP contribution in [0, 0.1) is 11.8 Å². The zero-order valence-electron chi connectivity index (χ0n) is 11.7. The zero-order valence-corrected chi connectivity index (χ0v) is 11.7. The lowest BCUT2D eigenvalue weighted by atomic mass is 10.1. The van der Waals surface area contributed by atoms with Crippen LogP contribution in [0.5, 0.6) is 0 Å². The summed E-state index contributed by atoms with van der Waals surface area (Å²) in [5, 5.41) is 11.6. The third-order valence-corrected chi connectivity index (χ3v) is 3.56. The van der Waals surface area contributed by atoms with E-state index in [4.69, 9.17) is 0 Å². The number of nitrogens with zero attached hydrogens (tertiary/aromatic N) is 3. The van der Waals surface area contributed by atoms with E-state index in [1.165, 1.54) is 18.5 Å². The molecule has 0 unspecified atom stereocenters. The normalized spacial score (nSPS) is 19.6. The second kappa shape index (κ2) is 6.03. The van der Waals surface area contributed by atoms with Crippen LogP contribution in [0.4, 0.5) is 11.5 Å². The van der Waals surface area contributed by atoms with Crippen molar-refractivity contribution in [1.82, 2.24) is 10.2 Å². The van der Waals surface area contributed by atoms with Gasteiger partial charge in [0.05, 0.1) is 11.9 Å². The van der Waals surface area contributed by atoms with Gasteiger partial charge in [0, 0.05) is 25.7 Å². The van der Waals surface area contributed by atoms with E-state index < -0.39 is 0 Å². The van der Waals surface area contributed by atoms with Gasteiger partial charge in [0.15, 0.2) is 5.82 Å². The molecule has 0 amide bonds. The molecule has 0 aromatic carbocycles. The number of anilines is 2. The Morgan fingerprint density at radius 1 is 1.50 bits per heavy atom. The number of hydrogen-bond donors (Lipinski definition) is 1. The predicted molar refractivity (Wildman–Crippen MR) is 76.0 cm³/mol. The minimum Gasteiger partial charge on any atom is -0.370 e. The first-order valence-corrected chi connectivity index (χ1v) is 7.00. The Bertz CT molecular complexity index is 378. The summed E-state index contributed by atoms with van der Waals surface area (Å²) in [5.41, 5.74) is 1.20. The highest BCUT2D eigenvalue weighted by Gasteiger charge is 2.21. The van der Waals surface area contributed by atoms with E-state index in [1.54, 1.807) is 0 Å². The Morgan fingerprint density at radius 2 is 2.33 bits per heavy atom. The molecule has 1 aromatic heterocycles. The molecule has 4 heteroatoms. The molecule has 2 heterocycles. The number of aromatic nitrogens is 2. The molecule has 100 valence electrons. The van der Waals surface area contributed by atoms with Crippen molar-refractivity contribution in [2.75, 3.05) is 29.9 Å². The topological polar surface area (TPSA) is 41.1 Å². The van der Waals surface area contributed by atoms with E-state index in [0.29, 0.717) is 5.92 Å². The minimum absolute atomic E-state index is 0.617. The maximum Gasteiger partial charge on any atom is 0.150 e. The number of nitrogens with one attached hydrogen (secondary N) is 1. The van der Waals surface area contributed by atoms with Crippen molar-refractivity contribution >= 4 is 11.5 Å². The van der Waals surface area contributed by atoms with Crippen molar-refractivity contribution in [1.29, 1.82) is 0 Å². The average molecular weight is 248 g/mol. The summed E-state index contributed by atoms with van der Waals surface area (Å²) in [4.78, 5) is 2.42. The molecule has 4 nitrogen and oxygen atoms in total. The van der Waals surface area contributed by atoms with Gasteiger partial charge in [-0.25, -0.2) is 0 Å². The van der Waals surface area contributed by atoms with E-state index in [0.717, 1.165) is 31.4 Å². The lowest BCUT2D eigenvalue weighted by molar-refractivity contribution is 0.569. The lowest BCUT2D eigenvalue weighted by Gasteiger charge is -2.18. The first-order chi connectivity index (χ1) is 8.69. The van der Waals surface area contributed by atoms with E-state index in [1.807, 2.05) is 6.20 Å². The molecule has 1 aromatic rings. The molecule has 2 rings (SSSR count). The molecular formula is C14H24N4. The number of hydrogen-bond acceptors (Lipinski definition) is 4. The Labute approximate surface area is 110 Å².